The van der Waals surface area contributed by atoms with E-state index in [1.54, 1.807) is 29.0 Å². The highest BCUT2D eigenvalue weighted by Crippen LogP contribution is 2.35. The van der Waals surface area contributed by atoms with Gasteiger partial charge in [-0.2, -0.15) is 0 Å². The second kappa shape index (κ2) is 9.22. The fraction of sp³-hybridized carbons (Fsp3) is 0.462. The Morgan fingerprint density at radius 3 is 2.80 bits per heavy atom. The molecule has 1 fully saturated rings. The van der Waals surface area contributed by atoms with Gasteiger partial charge in [-0.1, -0.05) is 0 Å². The normalized spacial score (nSPS) is 24.0. The molecule has 1 aromatic carbocycles. The van der Waals surface area contributed by atoms with E-state index >= 15 is 0 Å². The van der Waals surface area contributed by atoms with Crippen molar-refractivity contribution in [3.05, 3.63) is 64.0 Å². The summed E-state index contributed by atoms with van der Waals surface area (Å²) in [7, 11) is 0. The summed E-state index contributed by atoms with van der Waals surface area (Å²) in [4.78, 5) is 19.0. The SMILES string of the molecule is O=c1ccc2ccc(F)c3c2n1CCC3CN1CC[C@H](NCc2cc3c(cn2)OCCO3)[C@H](O)C1. The monoisotopic (exact) mass is 480 g/mol. The Bertz CT molecular complexity index is 1310. The summed E-state index contributed by atoms with van der Waals surface area (Å²) in [6.45, 7) is 4.15. The van der Waals surface area contributed by atoms with E-state index in [-0.39, 0.29) is 23.3 Å². The summed E-state index contributed by atoms with van der Waals surface area (Å²) in [5.41, 5.74) is 2.10. The van der Waals surface area contributed by atoms with E-state index in [0.29, 0.717) is 62.9 Å². The zero-order chi connectivity index (χ0) is 23.9. The van der Waals surface area contributed by atoms with Gasteiger partial charge in [0.2, 0.25) is 0 Å². The van der Waals surface area contributed by atoms with Crippen LogP contribution >= 0.6 is 0 Å². The molecule has 2 aromatic heterocycles. The smallest absolute Gasteiger partial charge is 0.251 e. The molecule has 9 heteroatoms. The van der Waals surface area contributed by atoms with Gasteiger partial charge in [-0.3, -0.25) is 9.78 Å². The molecule has 3 atom stereocenters. The molecule has 2 N–H and O–H groups in total. The number of likely N-dealkylation sites (tertiary alicyclic amines) is 1. The molecule has 3 aromatic rings. The van der Waals surface area contributed by atoms with Crippen molar-refractivity contribution in [3.63, 3.8) is 0 Å². The minimum atomic E-state index is -0.542. The molecule has 8 nitrogen and oxygen atoms in total. The quantitative estimate of drug-likeness (QED) is 0.578. The van der Waals surface area contributed by atoms with Crippen molar-refractivity contribution in [2.45, 2.75) is 44.0 Å². The second-order valence-corrected chi connectivity index (χ2v) is 9.63. The zero-order valence-corrected chi connectivity index (χ0v) is 19.5. The first kappa shape index (κ1) is 22.5. The maximum Gasteiger partial charge on any atom is 0.251 e. The summed E-state index contributed by atoms with van der Waals surface area (Å²) in [6, 6.07) is 8.40. The molecule has 184 valence electrons. The van der Waals surface area contributed by atoms with Crippen molar-refractivity contribution in [1.29, 1.82) is 0 Å². The number of hydrogen-bond acceptors (Lipinski definition) is 7. The summed E-state index contributed by atoms with van der Waals surface area (Å²) in [6.07, 6.45) is 2.62. The van der Waals surface area contributed by atoms with Gasteiger partial charge in [0, 0.05) is 55.8 Å². The molecule has 0 saturated carbocycles. The van der Waals surface area contributed by atoms with E-state index in [0.717, 1.165) is 29.6 Å². The lowest BCUT2D eigenvalue weighted by Gasteiger charge is -2.39. The minimum absolute atomic E-state index is 0.0147. The predicted molar refractivity (Wildman–Crippen MR) is 128 cm³/mol. The Hall–Kier alpha value is -3.01. The van der Waals surface area contributed by atoms with Crippen LogP contribution < -0.4 is 20.3 Å². The van der Waals surface area contributed by atoms with Gasteiger partial charge < -0.3 is 29.4 Å². The first-order valence-electron chi connectivity index (χ1n) is 12.3. The Morgan fingerprint density at radius 2 is 1.94 bits per heavy atom. The van der Waals surface area contributed by atoms with Gasteiger partial charge in [0.1, 0.15) is 19.0 Å². The average molecular weight is 481 g/mol. The van der Waals surface area contributed by atoms with Crippen LogP contribution in [0, 0.1) is 5.82 Å². The lowest BCUT2D eigenvalue weighted by molar-refractivity contribution is 0.0363. The van der Waals surface area contributed by atoms with Gasteiger partial charge >= 0.3 is 0 Å². The Labute approximate surface area is 202 Å². The van der Waals surface area contributed by atoms with Crippen LogP contribution in [0.25, 0.3) is 10.9 Å². The molecule has 0 bridgehead atoms. The van der Waals surface area contributed by atoms with E-state index in [1.807, 2.05) is 6.07 Å². The van der Waals surface area contributed by atoms with E-state index in [9.17, 15) is 14.3 Å². The number of fused-ring (bicyclic) bond motifs is 1. The standard InChI is InChI=1S/C26H29FN4O4/c27-19-3-1-16-2-4-24(33)31-8-5-17(25(19)26(16)31)14-30-7-6-20(21(32)15-30)29-12-18-11-22-23(13-28-18)35-10-9-34-22/h1-4,11,13,17,20-21,29,32H,5-10,12,14-15H2/t17?,20-,21+/m0/s1. The number of aliphatic hydroxyl groups excluding tert-OH is 1. The minimum Gasteiger partial charge on any atom is -0.486 e. The zero-order valence-electron chi connectivity index (χ0n) is 19.5. The van der Waals surface area contributed by atoms with E-state index < -0.39 is 6.10 Å². The Kier molecular flexibility index (Phi) is 5.91. The number of benzene rings is 1. The fourth-order valence-corrected chi connectivity index (χ4v) is 5.65. The largest absolute Gasteiger partial charge is 0.486 e. The molecule has 0 aliphatic carbocycles. The Morgan fingerprint density at radius 1 is 1.11 bits per heavy atom. The van der Waals surface area contributed by atoms with Crippen molar-refractivity contribution >= 4 is 10.9 Å². The van der Waals surface area contributed by atoms with Gasteiger partial charge in [-0.25, -0.2) is 4.39 Å². The lowest BCUT2D eigenvalue weighted by atomic mass is 9.88. The summed E-state index contributed by atoms with van der Waals surface area (Å²) in [5.74, 6) is 1.09. The number of ether oxygens (including phenoxy) is 2. The number of rotatable bonds is 5. The molecule has 1 unspecified atom stereocenters. The maximum atomic E-state index is 15.0. The predicted octanol–water partition coefficient (Wildman–Crippen LogP) is 2.02. The van der Waals surface area contributed by atoms with E-state index in [2.05, 4.69) is 15.2 Å². The van der Waals surface area contributed by atoms with Crippen molar-refractivity contribution in [1.82, 2.24) is 19.8 Å². The molecule has 1 saturated heterocycles. The van der Waals surface area contributed by atoms with Crippen LogP contribution in [0.5, 0.6) is 11.5 Å². The molecule has 3 aliphatic heterocycles. The summed E-state index contributed by atoms with van der Waals surface area (Å²) < 4.78 is 27.8. The Balaban J connectivity index is 1.10. The molecule has 3 aliphatic rings. The third kappa shape index (κ3) is 4.28. The van der Waals surface area contributed by atoms with Crippen LogP contribution in [0.2, 0.25) is 0 Å². The number of hydrogen-bond donors (Lipinski definition) is 2. The molecule has 0 spiro atoms. The number of aliphatic hydroxyl groups is 1. The molecule has 5 heterocycles. The van der Waals surface area contributed by atoms with E-state index in [1.165, 1.54) is 6.07 Å². The van der Waals surface area contributed by atoms with Crippen LogP contribution in [0.15, 0.2) is 41.3 Å². The third-order valence-electron chi connectivity index (χ3n) is 7.42. The molecular weight excluding hydrogens is 451 g/mol. The van der Waals surface area contributed by atoms with Crippen LogP contribution in [-0.2, 0) is 13.1 Å². The third-order valence-corrected chi connectivity index (χ3v) is 7.42. The lowest BCUT2D eigenvalue weighted by Crippen LogP contribution is -2.53. The molecule has 6 rings (SSSR count). The number of β-amino-alcohol motifs (C(OH)–C–C–N with tert-alkyl or cyclic N) is 1. The molecular formula is C26H29FN4O4. The van der Waals surface area contributed by atoms with Crippen molar-refractivity contribution in [2.24, 2.45) is 0 Å². The van der Waals surface area contributed by atoms with Gasteiger partial charge in [0.25, 0.3) is 5.56 Å². The number of nitrogens with one attached hydrogen (secondary N) is 1. The molecule has 0 radical (unpaired) electrons. The molecule has 35 heavy (non-hydrogen) atoms. The van der Waals surface area contributed by atoms with E-state index in [4.69, 9.17) is 9.47 Å². The number of piperidine rings is 1. The van der Waals surface area contributed by atoms with Crippen molar-refractivity contribution in [3.8, 4) is 11.5 Å². The number of pyridine rings is 2. The topological polar surface area (TPSA) is 88.9 Å². The number of halogens is 1. The van der Waals surface area contributed by atoms with Crippen LogP contribution in [0.3, 0.4) is 0 Å². The highest BCUT2D eigenvalue weighted by Gasteiger charge is 2.32. The van der Waals surface area contributed by atoms with Crippen molar-refractivity contribution < 1.29 is 19.0 Å². The van der Waals surface area contributed by atoms with Gasteiger partial charge in [0.05, 0.1) is 23.5 Å². The molecule has 0 amide bonds. The maximum absolute atomic E-state index is 15.0. The van der Waals surface area contributed by atoms with Gasteiger partial charge in [0.15, 0.2) is 11.5 Å². The summed E-state index contributed by atoms with van der Waals surface area (Å²) in [5, 5.41) is 15.2. The van der Waals surface area contributed by atoms with Gasteiger partial charge in [-0.15, -0.1) is 0 Å². The highest BCUT2D eigenvalue weighted by molar-refractivity contribution is 5.83. The van der Waals surface area contributed by atoms with Crippen molar-refractivity contribution in [2.75, 3.05) is 32.8 Å². The second-order valence-electron chi connectivity index (χ2n) is 9.63. The van der Waals surface area contributed by atoms with Crippen LogP contribution in [0.1, 0.15) is 30.0 Å². The number of aryl methyl sites for hydroxylation is 1. The first-order valence-corrected chi connectivity index (χ1v) is 12.3. The number of nitrogens with zero attached hydrogens (tertiary/aromatic N) is 3. The highest BCUT2D eigenvalue weighted by atomic mass is 19.1. The number of aromatic nitrogens is 2. The first-order chi connectivity index (χ1) is 17.1. The van der Waals surface area contributed by atoms with Crippen LogP contribution in [0.4, 0.5) is 4.39 Å². The fourth-order valence-electron chi connectivity index (χ4n) is 5.65. The van der Waals surface area contributed by atoms with Crippen LogP contribution in [-0.4, -0.2) is 64.6 Å². The van der Waals surface area contributed by atoms with Gasteiger partial charge in [-0.05, 0) is 43.0 Å². The average Bonchev–Trinajstić information content (AvgIpc) is 2.87. The summed E-state index contributed by atoms with van der Waals surface area (Å²) >= 11 is 0.